The lowest BCUT2D eigenvalue weighted by Crippen LogP contribution is -2.44. The monoisotopic (exact) mass is 534 g/mol. The Bertz CT molecular complexity index is 1490. The topological polar surface area (TPSA) is 136 Å². The number of sulfone groups is 1. The highest BCUT2D eigenvalue weighted by atomic mass is 32.2. The number of benzene rings is 2. The molecule has 4 rings (SSSR count). The van der Waals surface area contributed by atoms with Gasteiger partial charge in [0.2, 0.25) is 0 Å². The third-order valence-electron chi connectivity index (χ3n) is 5.98. The number of phenolic OH excluding ortho intramolecular Hbond substituents is 1. The van der Waals surface area contributed by atoms with Crippen molar-refractivity contribution in [3.63, 3.8) is 0 Å². The molecule has 1 amide bonds. The van der Waals surface area contributed by atoms with E-state index < -0.39 is 26.8 Å². The van der Waals surface area contributed by atoms with Gasteiger partial charge >= 0.3 is 6.09 Å². The van der Waals surface area contributed by atoms with Crippen LogP contribution in [0.4, 0.5) is 10.6 Å². The molecule has 1 aromatic heterocycles. The van der Waals surface area contributed by atoms with Crippen molar-refractivity contribution in [2.24, 2.45) is 0 Å². The van der Waals surface area contributed by atoms with Crippen molar-refractivity contribution in [1.82, 2.24) is 14.9 Å². The fourth-order valence-electron chi connectivity index (χ4n) is 4.03. The van der Waals surface area contributed by atoms with Gasteiger partial charge in [-0.15, -0.1) is 0 Å². The lowest BCUT2D eigenvalue weighted by Gasteiger charge is -2.33. The maximum atomic E-state index is 13.3. The van der Waals surface area contributed by atoms with Gasteiger partial charge in [-0.1, -0.05) is 24.1 Å². The first kappa shape index (κ1) is 26.9. The molecule has 0 atom stereocenters. The molecule has 3 aromatic rings. The number of aromatic hydroxyl groups is 1. The molecule has 1 aliphatic rings. The molecule has 2 heterocycles. The third-order valence-corrected chi connectivity index (χ3v) is 8.26. The second kappa shape index (κ2) is 10.7. The lowest BCUT2D eigenvalue weighted by molar-refractivity contribution is 0.0217. The molecule has 1 saturated heterocycles. The van der Waals surface area contributed by atoms with Gasteiger partial charge in [0.1, 0.15) is 11.4 Å². The molecule has 9 nitrogen and oxygen atoms in total. The number of ether oxygens (including phenoxy) is 1. The Morgan fingerprint density at radius 1 is 1.11 bits per heavy atom. The Morgan fingerprint density at radius 2 is 1.79 bits per heavy atom. The number of nitrogens with two attached hydrogens (primary N) is 1. The van der Waals surface area contributed by atoms with Crippen LogP contribution in [0.5, 0.6) is 5.75 Å². The lowest BCUT2D eigenvalue weighted by atomic mass is 10.1. The maximum absolute atomic E-state index is 13.3. The predicted octanol–water partition coefficient (Wildman–Crippen LogP) is 4.00. The normalized spacial score (nSPS) is 14.4. The summed E-state index contributed by atoms with van der Waals surface area (Å²) in [6.07, 6.45) is 1.76. The summed E-state index contributed by atoms with van der Waals surface area (Å²) < 4.78 is 31.9. The molecule has 0 saturated carbocycles. The number of likely N-dealkylation sites (tertiary alicyclic amines) is 1. The summed E-state index contributed by atoms with van der Waals surface area (Å²) in [5.41, 5.74) is 7.38. The van der Waals surface area contributed by atoms with Gasteiger partial charge < -0.3 is 20.5 Å². The number of amides is 1. The molecule has 198 valence electrons. The number of nitrogens with zero attached hydrogens (tertiary/aromatic N) is 3. The number of carbonyl (C=O) groups excluding carboxylic acids is 1. The van der Waals surface area contributed by atoms with E-state index in [1.165, 1.54) is 12.3 Å². The highest BCUT2D eigenvalue weighted by molar-refractivity contribution is 7.92. The molecule has 10 heteroatoms. The average molecular weight is 535 g/mol. The van der Waals surface area contributed by atoms with Crippen molar-refractivity contribution in [3.8, 4) is 28.8 Å². The number of rotatable bonds is 3. The van der Waals surface area contributed by atoms with E-state index in [4.69, 9.17) is 10.5 Å². The number of hydrogen-bond donors (Lipinski definition) is 2. The van der Waals surface area contributed by atoms with Crippen LogP contribution in [0.3, 0.4) is 0 Å². The number of hydrogen-bond acceptors (Lipinski definition) is 8. The van der Waals surface area contributed by atoms with E-state index in [0.717, 1.165) is 0 Å². The molecular formula is C28H30N4O5S. The van der Waals surface area contributed by atoms with E-state index in [0.29, 0.717) is 42.8 Å². The van der Waals surface area contributed by atoms with Crippen LogP contribution in [-0.2, 0) is 14.6 Å². The first-order valence-electron chi connectivity index (χ1n) is 12.2. The van der Waals surface area contributed by atoms with Crippen molar-refractivity contribution < 1.29 is 23.1 Å². The van der Waals surface area contributed by atoms with Gasteiger partial charge in [0.25, 0.3) is 0 Å². The molecule has 0 radical (unpaired) electrons. The van der Waals surface area contributed by atoms with E-state index >= 15 is 0 Å². The van der Waals surface area contributed by atoms with Crippen molar-refractivity contribution >= 4 is 21.7 Å². The molecular weight excluding hydrogens is 504 g/mol. The number of nitrogen functional groups attached to an aromatic ring is 1. The summed E-state index contributed by atoms with van der Waals surface area (Å²) in [4.78, 5) is 22.7. The Labute approximate surface area is 222 Å². The van der Waals surface area contributed by atoms with Crippen LogP contribution in [0, 0.1) is 11.8 Å². The van der Waals surface area contributed by atoms with Crippen LogP contribution in [0.2, 0.25) is 0 Å². The maximum Gasteiger partial charge on any atom is 0.410 e. The number of aromatic nitrogens is 2. The first-order valence-corrected chi connectivity index (χ1v) is 13.7. The summed E-state index contributed by atoms with van der Waals surface area (Å²) in [6, 6.07) is 13.0. The van der Waals surface area contributed by atoms with Gasteiger partial charge in [0.15, 0.2) is 21.3 Å². The predicted molar refractivity (Wildman–Crippen MR) is 144 cm³/mol. The minimum absolute atomic E-state index is 0.105. The molecule has 3 N–H and O–H groups in total. The molecule has 0 bridgehead atoms. The van der Waals surface area contributed by atoms with E-state index in [2.05, 4.69) is 21.8 Å². The Morgan fingerprint density at radius 3 is 2.42 bits per heavy atom. The zero-order chi connectivity index (χ0) is 27.5. The summed E-state index contributed by atoms with van der Waals surface area (Å²) in [7, 11) is -3.58. The van der Waals surface area contributed by atoms with E-state index in [-0.39, 0.29) is 22.2 Å². The second-order valence-corrected chi connectivity index (χ2v) is 12.3. The van der Waals surface area contributed by atoms with Crippen LogP contribution in [0.1, 0.15) is 44.9 Å². The first-order chi connectivity index (χ1) is 17.9. The number of piperidine rings is 1. The van der Waals surface area contributed by atoms with Crippen LogP contribution < -0.4 is 5.73 Å². The minimum atomic E-state index is -3.58. The number of phenols is 1. The fourth-order valence-corrected chi connectivity index (χ4v) is 5.76. The van der Waals surface area contributed by atoms with Crippen LogP contribution in [-0.4, -0.2) is 58.4 Å². The van der Waals surface area contributed by atoms with Crippen LogP contribution >= 0.6 is 0 Å². The molecule has 2 aromatic carbocycles. The molecule has 1 aliphatic heterocycles. The van der Waals surface area contributed by atoms with E-state index in [9.17, 15) is 18.3 Å². The smallest absolute Gasteiger partial charge is 0.410 e. The van der Waals surface area contributed by atoms with Gasteiger partial charge in [-0.2, -0.15) is 0 Å². The largest absolute Gasteiger partial charge is 0.508 e. The van der Waals surface area contributed by atoms with Crippen molar-refractivity contribution in [3.05, 3.63) is 66.0 Å². The SMILES string of the molecule is CC(C)(C)OC(=O)N1CCC(S(=O)(=O)c2ccc(-c3cnc(N)c(C#Cc4cccc(O)c4)n3)cc2)CC1. The molecule has 0 spiro atoms. The van der Waals surface area contributed by atoms with Crippen LogP contribution in [0.25, 0.3) is 11.3 Å². The Kier molecular flexibility index (Phi) is 7.60. The van der Waals surface area contributed by atoms with Crippen molar-refractivity contribution in [1.29, 1.82) is 0 Å². The molecule has 0 aliphatic carbocycles. The standard InChI is InChI=1S/C28H30N4O5S/c1-28(2,3)37-27(34)32-15-13-23(14-16-32)38(35,36)22-10-8-20(9-11-22)25-18-30-26(29)24(31-25)12-7-19-5-4-6-21(33)17-19/h4-6,8-11,17-18,23,33H,13-16H2,1-3H3,(H2,29,30). The summed E-state index contributed by atoms with van der Waals surface area (Å²) in [5, 5.41) is 9.03. The van der Waals surface area contributed by atoms with E-state index in [1.807, 2.05) is 0 Å². The summed E-state index contributed by atoms with van der Waals surface area (Å²) in [6.45, 7) is 6.04. The molecule has 38 heavy (non-hydrogen) atoms. The fraction of sp³-hybridized carbons (Fsp3) is 0.321. The third kappa shape index (κ3) is 6.42. The Hall–Kier alpha value is -4.10. The number of carbonyl (C=O) groups is 1. The summed E-state index contributed by atoms with van der Waals surface area (Å²) >= 11 is 0. The summed E-state index contributed by atoms with van der Waals surface area (Å²) in [5.74, 6) is 6.05. The van der Waals surface area contributed by atoms with Crippen LogP contribution in [0.15, 0.2) is 59.6 Å². The number of anilines is 1. The second-order valence-electron chi connectivity index (χ2n) is 10.0. The Balaban J connectivity index is 1.47. The van der Waals surface area contributed by atoms with Crippen molar-refractivity contribution in [2.75, 3.05) is 18.8 Å². The zero-order valence-electron chi connectivity index (χ0n) is 21.5. The molecule has 0 unspecified atom stereocenters. The van der Waals surface area contributed by atoms with Gasteiger partial charge in [-0.05, 0) is 69.9 Å². The highest BCUT2D eigenvalue weighted by Gasteiger charge is 2.34. The van der Waals surface area contributed by atoms with Gasteiger partial charge in [-0.25, -0.2) is 23.2 Å². The van der Waals surface area contributed by atoms with Crippen molar-refractivity contribution in [2.45, 2.75) is 49.4 Å². The van der Waals surface area contributed by atoms with Gasteiger partial charge in [0.05, 0.1) is 22.0 Å². The van der Waals surface area contributed by atoms with Gasteiger partial charge in [0, 0.05) is 24.2 Å². The zero-order valence-corrected chi connectivity index (χ0v) is 22.3. The molecule has 1 fully saturated rings. The average Bonchev–Trinajstić information content (AvgIpc) is 2.87. The van der Waals surface area contributed by atoms with E-state index in [1.54, 1.807) is 68.1 Å². The van der Waals surface area contributed by atoms with Gasteiger partial charge in [-0.3, -0.25) is 0 Å². The highest BCUT2D eigenvalue weighted by Crippen LogP contribution is 2.27. The quantitative estimate of drug-likeness (QED) is 0.481. The minimum Gasteiger partial charge on any atom is -0.508 e.